The molecule has 0 unspecified atom stereocenters. The molecule has 78 valence electrons. The maximum Gasteiger partial charge on any atom is 0.329 e. The van der Waals surface area contributed by atoms with E-state index in [1.807, 2.05) is 0 Å². The van der Waals surface area contributed by atoms with Crippen molar-refractivity contribution in [2.24, 2.45) is 0 Å². The molecule has 1 aliphatic rings. The topological polar surface area (TPSA) is 49.4 Å². The first-order valence-electron chi connectivity index (χ1n) is 4.15. The van der Waals surface area contributed by atoms with Crippen LogP contribution in [0.4, 0.5) is 19.3 Å². The van der Waals surface area contributed by atoms with E-state index < -0.39 is 23.6 Å². The van der Waals surface area contributed by atoms with Gasteiger partial charge in [-0.25, -0.2) is 18.5 Å². The largest absolute Gasteiger partial charge is 0.329 e. The van der Waals surface area contributed by atoms with Crippen LogP contribution in [0.1, 0.15) is 0 Å². The molecule has 1 aromatic rings. The minimum absolute atomic E-state index is 0.104. The van der Waals surface area contributed by atoms with Crippen molar-refractivity contribution in [3.8, 4) is 0 Å². The van der Waals surface area contributed by atoms with Crippen LogP contribution in [0.25, 0.3) is 0 Å². The van der Waals surface area contributed by atoms with Crippen LogP contribution in [-0.4, -0.2) is 18.5 Å². The summed E-state index contributed by atoms with van der Waals surface area (Å²) < 4.78 is 25.7. The number of nitrogens with zero attached hydrogens (tertiary/aromatic N) is 1. The highest BCUT2D eigenvalue weighted by atomic mass is 19.1. The second kappa shape index (κ2) is 3.30. The van der Waals surface area contributed by atoms with Gasteiger partial charge in [0, 0.05) is 6.07 Å². The Morgan fingerprint density at radius 2 is 1.73 bits per heavy atom. The fourth-order valence-corrected chi connectivity index (χ4v) is 1.35. The maximum atomic E-state index is 12.8. The third-order valence-corrected chi connectivity index (χ3v) is 1.95. The van der Waals surface area contributed by atoms with Gasteiger partial charge < -0.3 is 5.32 Å². The molecule has 3 amide bonds. The molecule has 4 nitrogen and oxygen atoms in total. The molecule has 0 saturated carbocycles. The minimum atomic E-state index is -0.836. The van der Waals surface area contributed by atoms with E-state index in [0.717, 1.165) is 12.1 Å². The fraction of sp³-hybridized carbons (Fsp3) is 0.111. The summed E-state index contributed by atoms with van der Waals surface area (Å²) in [5.74, 6) is -2.21. The minimum Gasteiger partial charge on any atom is -0.328 e. The zero-order chi connectivity index (χ0) is 11.0. The molecule has 15 heavy (non-hydrogen) atoms. The molecule has 0 radical (unpaired) electrons. The van der Waals surface area contributed by atoms with Crippen molar-refractivity contribution >= 4 is 17.6 Å². The molecule has 1 aliphatic heterocycles. The summed E-state index contributed by atoms with van der Waals surface area (Å²) >= 11 is 0. The summed E-state index contributed by atoms with van der Waals surface area (Å²) in [5, 5.41) is 2.25. The van der Waals surface area contributed by atoms with Crippen molar-refractivity contribution in [1.29, 1.82) is 0 Å². The van der Waals surface area contributed by atoms with Gasteiger partial charge in [-0.1, -0.05) is 0 Å². The second-order valence-corrected chi connectivity index (χ2v) is 3.02. The van der Waals surface area contributed by atoms with E-state index in [1.165, 1.54) is 0 Å². The fourth-order valence-electron chi connectivity index (χ4n) is 1.35. The molecule has 1 N–H and O–H groups in total. The monoisotopic (exact) mass is 212 g/mol. The van der Waals surface area contributed by atoms with Crippen LogP contribution in [0.15, 0.2) is 18.2 Å². The van der Waals surface area contributed by atoms with E-state index in [9.17, 15) is 18.4 Å². The van der Waals surface area contributed by atoms with Crippen LogP contribution in [-0.2, 0) is 4.79 Å². The van der Waals surface area contributed by atoms with Crippen molar-refractivity contribution in [3.63, 3.8) is 0 Å². The first kappa shape index (κ1) is 9.57. The number of rotatable bonds is 1. The summed E-state index contributed by atoms with van der Waals surface area (Å²) in [6.45, 7) is -0.156. The molecule has 0 atom stereocenters. The molecule has 0 spiro atoms. The average molecular weight is 212 g/mol. The number of amides is 3. The molecule has 0 aromatic heterocycles. The van der Waals surface area contributed by atoms with E-state index in [2.05, 4.69) is 5.32 Å². The van der Waals surface area contributed by atoms with E-state index in [0.29, 0.717) is 11.0 Å². The highest BCUT2D eigenvalue weighted by Crippen LogP contribution is 2.19. The van der Waals surface area contributed by atoms with Crippen molar-refractivity contribution < 1.29 is 18.4 Å². The van der Waals surface area contributed by atoms with Crippen molar-refractivity contribution in [2.45, 2.75) is 0 Å². The number of imide groups is 1. The summed E-state index contributed by atoms with van der Waals surface area (Å²) in [6, 6.07) is 1.84. The molecule has 6 heteroatoms. The van der Waals surface area contributed by atoms with E-state index >= 15 is 0 Å². The molecule has 1 aromatic carbocycles. The first-order valence-corrected chi connectivity index (χ1v) is 4.15. The Kier molecular flexibility index (Phi) is 2.11. The van der Waals surface area contributed by atoms with Crippen LogP contribution in [0.5, 0.6) is 0 Å². The second-order valence-electron chi connectivity index (χ2n) is 3.02. The van der Waals surface area contributed by atoms with Gasteiger partial charge in [-0.2, -0.15) is 0 Å². The van der Waals surface area contributed by atoms with Gasteiger partial charge in [0.05, 0.1) is 12.2 Å². The number of halogens is 2. The van der Waals surface area contributed by atoms with E-state index in [4.69, 9.17) is 0 Å². The lowest BCUT2D eigenvalue weighted by molar-refractivity contribution is -0.115. The lowest BCUT2D eigenvalue weighted by Crippen LogP contribution is -2.30. The number of hydrogen-bond acceptors (Lipinski definition) is 2. The van der Waals surface area contributed by atoms with Crippen molar-refractivity contribution in [2.75, 3.05) is 11.4 Å². The molecule has 1 heterocycles. The molecule has 1 fully saturated rings. The predicted octanol–water partition coefficient (Wildman–Crippen LogP) is 1.02. The zero-order valence-electron chi connectivity index (χ0n) is 7.46. The van der Waals surface area contributed by atoms with Gasteiger partial charge in [0.2, 0.25) is 0 Å². The van der Waals surface area contributed by atoms with Gasteiger partial charge in [-0.3, -0.25) is 4.79 Å². The van der Waals surface area contributed by atoms with Crippen LogP contribution in [0.3, 0.4) is 0 Å². The molecular formula is C9H6F2N2O2. The van der Waals surface area contributed by atoms with Gasteiger partial charge in [-0.05, 0) is 12.1 Å². The third kappa shape index (κ3) is 1.65. The molecule has 0 bridgehead atoms. The summed E-state index contributed by atoms with van der Waals surface area (Å²) in [4.78, 5) is 23.1. The highest BCUT2D eigenvalue weighted by Gasteiger charge is 2.30. The average Bonchev–Trinajstić information content (AvgIpc) is 2.44. The van der Waals surface area contributed by atoms with E-state index in [-0.39, 0.29) is 12.2 Å². The Hall–Kier alpha value is -1.98. The van der Waals surface area contributed by atoms with Crippen LogP contribution < -0.4 is 10.2 Å². The third-order valence-electron chi connectivity index (χ3n) is 1.95. The Labute approximate surface area is 83.5 Å². The molecular weight excluding hydrogens is 206 g/mol. The Morgan fingerprint density at radius 3 is 2.20 bits per heavy atom. The number of urea groups is 1. The molecule has 1 saturated heterocycles. The quantitative estimate of drug-likeness (QED) is 0.706. The number of nitrogens with one attached hydrogen (secondary N) is 1. The predicted molar refractivity (Wildman–Crippen MR) is 47.2 cm³/mol. The summed E-state index contributed by atoms with van der Waals surface area (Å²) in [6.07, 6.45) is 0. The van der Waals surface area contributed by atoms with Crippen LogP contribution in [0, 0.1) is 11.6 Å². The lowest BCUT2D eigenvalue weighted by atomic mass is 10.3. The first-order chi connectivity index (χ1) is 7.08. The standard InChI is InChI=1S/C9H6F2N2O2/c10-5-1-6(11)3-7(2-5)13-8(14)4-12-9(13)15/h1-3H,4H2,(H,12,15). The Balaban J connectivity index is 2.44. The number of hydrogen-bond donors (Lipinski definition) is 1. The van der Waals surface area contributed by atoms with Gasteiger partial charge in [0.15, 0.2) is 0 Å². The maximum absolute atomic E-state index is 12.8. The van der Waals surface area contributed by atoms with E-state index in [1.54, 1.807) is 0 Å². The smallest absolute Gasteiger partial charge is 0.328 e. The number of carbonyl (C=O) groups excluding carboxylic acids is 2. The zero-order valence-corrected chi connectivity index (χ0v) is 7.46. The van der Waals surface area contributed by atoms with Crippen LogP contribution >= 0.6 is 0 Å². The Morgan fingerprint density at radius 1 is 1.13 bits per heavy atom. The molecule has 0 aliphatic carbocycles. The van der Waals surface area contributed by atoms with Crippen molar-refractivity contribution in [1.82, 2.24) is 5.32 Å². The van der Waals surface area contributed by atoms with Gasteiger partial charge in [0.25, 0.3) is 5.91 Å². The summed E-state index contributed by atoms with van der Waals surface area (Å²) in [5.41, 5.74) is -0.104. The van der Waals surface area contributed by atoms with Gasteiger partial charge >= 0.3 is 6.03 Å². The SMILES string of the molecule is O=C1CNC(=O)N1c1cc(F)cc(F)c1. The van der Waals surface area contributed by atoms with Gasteiger partial charge in [0.1, 0.15) is 11.6 Å². The van der Waals surface area contributed by atoms with Gasteiger partial charge in [-0.15, -0.1) is 0 Å². The normalized spacial score (nSPS) is 15.7. The lowest BCUT2D eigenvalue weighted by Gasteiger charge is -2.12. The summed E-state index contributed by atoms with van der Waals surface area (Å²) in [7, 11) is 0. The number of anilines is 1. The highest BCUT2D eigenvalue weighted by molar-refractivity contribution is 6.19. The van der Waals surface area contributed by atoms with Crippen LogP contribution in [0.2, 0.25) is 0 Å². The Bertz CT molecular complexity index is 411. The number of carbonyl (C=O) groups is 2. The number of benzene rings is 1. The van der Waals surface area contributed by atoms with Crippen molar-refractivity contribution in [3.05, 3.63) is 29.8 Å². The molecule has 2 rings (SSSR count).